The molecule has 0 radical (unpaired) electrons. The maximum atomic E-state index is 13.1. The Morgan fingerprint density at radius 3 is 2.40 bits per heavy atom. The summed E-state index contributed by atoms with van der Waals surface area (Å²) in [5, 5.41) is 11.0. The molecule has 3 nitrogen and oxygen atoms in total. The summed E-state index contributed by atoms with van der Waals surface area (Å²) in [7, 11) is 0. The molecule has 5 heteroatoms. The van der Waals surface area contributed by atoms with Gasteiger partial charge in [0.2, 0.25) is 0 Å². The van der Waals surface area contributed by atoms with E-state index in [0.29, 0.717) is 0 Å². The minimum atomic E-state index is -1.03. The number of allylic oxidation sites excluding steroid dienone is 1. The molecular formula is C15H11F2NO2. The number of nitro groups is 1. The zero-order valence-electron chi connectivity index (χ0n) is 10.4. The number of benzene rings is 2. The number of hydrogen-bond donors (Lipinski definition) is 0. The molecule has 2 aromatic rings. The summed E-state index contributed by atoms with van der Waals surface area (Å²) in [6.45, 7) is 0. The molecule has 0 atom stereocenters. The van der Waals surface area contributed by atoms with Crippen molar-refractivity contribution in [1.82, 2.24) is 0 Å². The number of nitrogens with zero attached hydrogens (tertiary/aromatic N) is 1. The third kappa shape index (κ3) is 3.47. The van der Waals surface area contributed by atoms with E-state index in [1.54, 1.807) is 24.3 Å². The van der Waals surface area contributed by atoms with Crippen LogP contribution in [0.1, 0.15) is 11.1 Å². The molecule has 0 spiro atoms. The maximum Gasteiger partial charge on any atom is 0.251 e. The molecule has 0 aliphatic carbocycles. The van der Waals surface area contributed by atoms with E-state index >= 15 is 0 Å². The zero-order chi connectivity index (χ0) is 14.5. The van der Waals surface area contributed by atoms with Crippen LogP contribution < -0.4 is 0 Å². The average Bonchev–Trinajstić information content (AvgIpc) is 2.43. The van der Waals surface area contributed by atoms with E-state index in [9.17, 15) is 18.9 Å². The molecule has 102 valence electrons. The highest BCUT2D eigenvalue weighted by Gasteiger charge is 2.12. The third-order valence-electron chi connectivity index (χ3n) is 2.74. The SMILES string of the molecule is O=[N+]([O-])C(=Cc1ccc(F)c(F)c1)Cc1ccccc1. The first-order valence-corrected chi connectivity index (χ1v) is 5.90. The molecule has 0 N–H and O–H groups in total. The van der Waals surface area contributed by atoms with Gasteiger partial charge in [-0.3, -0.25) is 10.1 Å². The van der Waals surface area contributed by atoms with Gasteiger partial charge >= 0.3 is 0 Å². The lowest BCUT2D eigenvalue weighted by Gasteiger charge is -2.01. The van der Waals surface area contributed by atoms with Crippen molar-refractivity contribution in [3.05, 3.63) is 87.1 Å². The smallest absolute Gasteiger partial charge is 0.251 e. The molecule has 0 amide bonds. The normalized spacial score (nSPS) is 11.4. The molecular weight excluding hydrogens is 264 g/mol. The first kappa shape index (κ1) is 13.9. The predicted octanol–water partition coefficient (Wildman–Crippen LogP) is 3.83. The van der Waals surface area contributed by atoms with Crippen molar-refractivity contribution in [2.45, 2.75) is 6.42 Å². The van der Waals surface area contributed by atoms with Crippen molar-refractivity contribution in [1.29, 1.82) is 0 Å². The fourth-order valence-corrected chi connectivity index (χ4v) is 1.77. The molecule has 0 unspecified atom stereocenters. The number of hydrogen-bond acceptors (Lipinski definition) is 2. The van der Waals surface area contributed by atoms with Gasteiger partial charge in [0.05, 0.1) is 11.3 Å². The highest BCUT2D eigenvalue weighted by Crippen LogP contribution is 2.15. The second kappa shape index (κ2) is 6.06. The van der Waals surface area contributed by atoms with Gasteiger partial charge in [-0.25, -0.2) is 8.78 Å². The predicted molar refractivity (Wildman–Crippen MR) is 71.5 cm³/mol. The molecule has 0 aliphatic heterocycles. The van der Waals surface area contributed by atoms with Crippen LogP contribution in [0.3, 0.4) is 0 Å². The van der Waals surface area contributed by atoms with Gasteiger partial charge in [0.25, 0.3) is 5.70 Å². The minimum Gasteiger partial charge on any atom is -0.259 e. The number of halogens is 2. The lowest BCUT2D eigenvalue weighted by atomic mass is 10.1. The van der Waals surface area contributed by atoms with Crippen molar-refractivity contribution in [2.75, 3.05) is 0 Å². The molecule has 0 aliphatic rings. The Morgan fingerprint density at radius 2 is 1.80 bits per heavy atom. The molecule has 0 saturated carbocycles. The van der Waals surface area contributed by atoms with E-state index in [1.807, 2.05) is 6.07 Å². The van der Waals surface area contributed by atoms with Gasteiger partial charge in [-0.05, 0) is 23.3 Å². The van der Waals surface area contributed by atoms with Crippen LogP contribution in [0.25, 0.3) is 6.08 Å². The maximum absolute atomic E-state index is 13.1. The summed E-state index contributed by atoms with van der Waals surface area (Å²) in [5.74, 6) is -2.01. The molecule has 2 rings (SSSR count). The summed E-state index contributed by atoms with van der Waals surface area (Å²) in [4.78, 5) is 10.5. The fourth-order valence-electron chi connectivity index (χ4n) is 1.77. The summed E-state index contributed by atoms with van der Waals surface area (Å²) >= 11 is 0. The molecule has 2 aromatic carbocycles. The Balaban J connectivity index is 2.30. The Kier molecular flexibility index (Phi) is 4.20. The second-order valence-electron chi connectivity index (χ2n) is 4.23. The first-order chi connectivity index (χ1) is 9.56. The molecule has 20 heavy (non-hydrogen) atoms. The van der Waals surface area contributed by atoms with Crippen molar-refractivity contribution >= 4 is 6.08 Å². The van der Waals surface area contributed by atoms with Crippen LogP contribution >= 0.6 is 0 Å². The van der Waals surface area contributed by atoms with Crippen LogP contribution in [0.5, 0.6) is 0 Å². The fraction of sp³-hybridized carbons (Fsp3) is 0.0667. The lowest BCUT2D eigenvalue weighted by molar-refractivity contribution is -0.425. The van der Waals surface area contributed by atoms with Gasteiger partial charge < -0.3 is 0 Å². The van der Waals surface area contributed by atoms with E-state index in [2.05, 4.69) is 0 Å². The Labute approximate surface area is 114 Å². The largest absolute Gasteiger partial charge is 0.259 e. The highest BCUT2D eigenvalue weighted by atomic mass is 19.2. The zero-order valence-corrected chi connectivity index (χ0v) is 10.4. The third-order valence-corrected chi connectivity index (χ3v) is 2.74. The van der Waals surface area contributed by atoms with Crippen LogP contribution in [0.15, 0.2) is 54.2 Å². The van der Waals surface area contributed by atoms with Crippen molar-refractivity contribution in [3.8, 4) is 0 Å². The molecule has 0 aromatic heterocycles. The Bertz CT molecular complexity index is 654. The van der Waals surface area contributed by atoms with Crippen LogP contribution in [0, 0.1) is 21.7 Å². The van der Waals surface area contributed by atoms with Gasteiger partial charge in [0.15, 0.2) is 11.6 Å². The monoisotopic (exact) mass is 275 g/mol. The quantitative estimate of drug-likeness (QED) is 0.628. The van der Waals surface area contributed by atoms with E-state index in [-0.39, 0.29) is 17.7 Å². The van der Waals surface area contributed by atoms with E-state index in [0.717, 1.165) is 17.7 Å². The van der Waals surface area contributed by atoms with Gasteiger partial charge in [-0.15, -0.1) is 0 Å². The summed E-state index contributed by atoms with van der Waals surface area (Å²) < 4.78 is 25.9. The standard InChI is InChI=1S/C15H11F2NO2/c16-14-7-6-12(10-15(14)17)9-13(18(19)20)8-11-4-2-1-3-5-11/h1-7,9-10H,8H2. The molecule has 0 saturated heterocycles. The van der Waals surface area contributed by atoms with Crippen molar-refractivity contribution in [2.24, 2.45) is 0 Å². The molecule has 0 fully saturated rings. The average molecular weight is 275 g/mol. The van der Waals surface area contributed by atoms with Crippen molar-refractivity contribution in [3.63, 3.8) is 0 Å². The summed E-state index contributed by atoms with van der Waals surface area (Å²) in [6.07, 6.45) is 1.36. The van der Waals surface area contributed by atoms with Crippen LogP contribution in [-0.4, -0.2) is 4.92 Å². The Morgan fingerprint density at radius 1 is 1.10 bits per heavy atom. The van der Waals surface area contributed by atoms with Gasteiger partial charge in [-0.2, -0.15) is 0 Å². The van der Waals surface area contributed by atoms with Crippen LogP contribution in [-0.2, 0) is 6.42 Å². The van der Waals surface area contributed by atoms with Gasteiger partial charge in [-0.1, -0.05) is 36.4 Å². The highest BCUT2D eigenvalue weighted by molar-refractivity contribution is 5.51. The topological polar surface area (TPSA) is 43.1 Å². The minimum absolute atomic E-state index is 0.0813. The molecule has 0 heterocycles. The van der Waals surface area contributed by atoms with Crippen LogP contribution in [0.2, 0.25) is 0 Å². The van der Waals surface area contributed by atoms with E-state index in [1.165, 1.54) is 12.1 Å². The lowest BCUT2D eigenvalue weighted by Crippen LogP contribution is -2.02. The van der Waals surface area contributed by atoms with Gasteiger partial charge in [0, 0.05) is 6.08 Å². The molecule has 0 bridgehead atoms. The van der Waals surface area contributed by atoms with Crippen molar-refractivity contribution < 1.29 is 13.7 Å². The van der Waals surface area contributed by atoms with E-state index in [4.69, 9.17) is 0 Å². The Hall–Kier alpha value is -2.56. The summed E-state index contributed by atoms with van der Waals surface area (Å²) in [5.41, 5.74) is 0.951. The second-order valence-corrected chi connectivity index (χ2v) is 4.23. The first-order valence-electron chi connectivity index (χ1n) is 5.90. The van der Waals surface area contributed by atoms with Gasteiger partial charge in [0.1, 0.15) is 0 Å². The van der Waals surface area contributed by atoms with Crippen LogP contribution in [0.4, 0.5) is 8.78 Å². The van der Waals surface area contributed by atoms with E-state index < -0.39 is 16.6 Å². The number of rotatable bonds is 4. The summed E-state index contributed by atoms with van der Waals surface area (Å²) in [6, 6.07) is 12.1.